The summed E-state index contributed by atoms with van der Waals surface area (Å²) in [6.07, 6.45) is 7.07. The largest absolute Gasteiger partial charge is 0.377 e. The van der Waals surface area contributed by atoms with Crippen LogP contribution in [0.3, 0.4) is 0 Å². The van der Waals surface area contributed by atoms with Gasteiger partial charge in [0.25, 0.3) is 20.0 Å². The van der Waals surface area contributed by atoms with Gasteiger partial charge in [0.2, 0.25) is 0 Å². The molecule has 0 saturated heterocycles. The maximum Gasteiger partial charge on any atom is 0.269 e. The molecule has 0 aliphatic heterocycles. The van der Waals surface area contributed by atoms with Crippen LogP contribution >= 0.6 is 11.3 Å². The first-order valence-electron chi connectivity index (χ1n) is 14.7. The van der Waals surface area contributed by atoms with Crippen molar-refractivity contribution < 1.29 is 21.9 Å². The fourth-order valence-electron chi connectivity index (χ4n) is 5.38. The van der Waals surface area contributed by atoms with Crippen molar-refractivity contribution in [1.29, 1.82) is 0 Å². The van der Waals surface area contributed by atoms with Crippen LogP contribution in [-0.4, -0.2) is 49.8 Å². The molecule has 0 radical (unpaired) electrons. The number of aromatic nitrogens is 6. The molecule has 7 aromatic rings. The molecule has 0 aliphatic rings. The number of nitrogens with zero attached hydrogens (tertiary/aromatic N) is 6. The van der Waals surface area contributed by atoms with Gasteiger partial charge in [-0.25, -0.2) is 39.7 Å². The van der Waals surface area contributed by atoms with Gasteiger partial charge in [-0.1, -0.05) is 53.6 Å². The molecule has 0 spiro atoms. The van der Waals surface area contributed by atoms with Gasteiger partial charge in [-0.3, -0.25) is 4.98 Å². The molecule has 1 N–H and O–H groups in total. The molecule has 4 heterocycles. The van der Waals surface area contributed by atoms with Crippen LogP contribution in [0.2, 0.25) is 0 Å². The molecule has 0 fully saturated rings. The molecule has 14 heteroatoms. The predicted octanol–water partition coefficient (Wildman–Crippen LogP) is 5.76. The lowest BCUT2D eigenvalue weighted by Gasteiger charge is -2.24. The van der Waals surface area contributed by atoms with Crippen molar-refractivity contribution in [3.05, 3.63) is 132 Å². The van der Waals surface area contributed by atoms with Crippen molar-refractivity contribution in [2.45, 2.75) is 36.2 Å². The van der Waals surface area contributed by atoms with E-state index in [1.165, 1.54) is 61.4 Å². The minimum absolute atomic E-state index is 0.0691. The monoisotopic (exact) mass is 696 g/mol. The number of imidazole rings is 1. The number of rotatable bonds is 8. The maximum atomic E-state index is 13.6. The third-order valence-corrected chi connectivity index (χ3v) is 12.3. The van der Waals surface area contributed by atoms with Crippen molar-refractivity contribution in [2.75, 3.05) is 0 Å². The van der Waals surface area contributed by atoms with E-state index in [0.717, 1.165) is 19.1 Å². The summed E-state index contributed by atoms with van der Waals surface area (Å²) in [5, 5.41) is 14.1. The van der Waals surface area contributed by atoms with Crippen molar-refractivity contribution in [3.8, 4) is 21.8 Å². The van der Waals surface area contributed by atoms with Gasteiger partial charge in [-0.05, 0) is 56.7 Å². The highest BCUT2D eigenvalue weighted by Gasteiger charge is 2.35. The van der Waals surface area contributed by atoms with Gasteiger partial charge in [0.15, 0.2) is 11.5 Å². The van der Waals surface area contributed by atoms with E-state index in [2.05, 4.69) is 15.0 Å². The molecule has 3 aromatic carbocycles. The van der Waals surface area contributed by atoms with Gasteiger partial charge in [0, 0.05) is 41.9 Å². The standard InChI is InChI=1S/C34H28N6O5S3/c1-22-7-11-26(12-8-22)47(42,43)39-18-17-37-33(39)34(3,41)25-6-4-5-24(19-25)29-21-46-32(38-29)28-20-40(31-30(28)35-15-16-36-31)48(44,45)27-13-9-23(2)10-14-27/h4-21,41H,1-3H3. The Kier molecular flexibility index (Phi) is 7.63. The van der Waals surface area contributed by atoms with Crippen molar-refractivity contribution in [1.82, 2.24) is 27.9 Å². The van der Waals surface area contributed by atoms with Gasteiger partial charge in [0.1, 0.15) is 16.1 Å². The zero-order valence-corrected chi connectivity index (χ0v) is 28.3. The molecular weight excluding hydrogens is 669 g/mol. The smallest absolute Gasteiger partial charge is 0.269 e. The lowest BCUT2D eigenvalue weighted by molar-refractivity contribution is 0.0917. The summed E-state index contributed by atoms with van der Waals surface area (Å²) >= 11 is 1.30. The summed E-state index contributed by atoms with van der Waals surface area (Å²) in [5.74, 6) is -0.0691. The van der Waals surface area contributed by atoms with Gasteiger partial charge in [-0.2, -0.15) is 0 Å². The van der Waals surface area contributed by atoms with Gasteiger partial charge in [-0.15, -0.1) is 11.3 Å². The number of aryl methyl sites for hydroxylation is 2. The molecule has 0 aliphatic carbocycles. The number of hydrogen-bond donors (Lipinski definition) is 1. The lowest BCUT2D eigenvalue weighted by Crippen LogP contribution is -2.30. The van der Waals surface area contributed by atoms with Gasteiger partial charge < -0.3 is 5.11 Å². The van der Waals surface area contributed by atoms with Gasteiger partial charge in [0.05, 0.1) is 21.0 Å². The van der Waals surface area contributed by atoms with Crippen LogP contribution in [0.25, 0.3) is 33.0 Å². The Morgan fingerprint density at radius 1 is 0.771 bits per heavy atom. The molecule has 4 aromatic heterocycles. The Labute approximate surface area is 281 Å². The molecular formula is C34H28N6O5S3. The maximum absolute atomic E-state index is 13.6. The fourth-order valence-corrected chi connectivity index (χ4v) is 8.90. The highest BCUT2D eigenvalue weighted by atomic mass is 32.2. The Morgan fingerprint density at radius 2 is 1.40 bits per heavy atom. The van der Waals surface area contributed by atoms with Crippen LogP contribution in [0.4, 0.5) is 0 Å². The Hall–Kier alpha value is -5.02. The average molecular weight is 697 g/mol. The second-order valence-electron chi connectivity index (χ2n) is 11.4. The highest BCUT2D eigenvalue weighted by Crippen LogP contribution is 2.37. The number of hydrogen-bond acceptors (Lipinski definition) is 10. The fraction of sp³-hybridized carbons (Fsp3) is 0.118. The summed E-state index contributed by atoms with van der Waals surface area (Å²) < 4.78 is 56.5. The first kappa shape index (κ1) is 31.6. The number of benzene rings is 3. The van der Waals surface area contributed by atoms with E-state index in [9.17, 15) is 21.9 Å². The Morgan fingerprint density at radius 3 is 2.06 bits per heavy atom. The highest BCUT2D eigenvalue weighted by molar-refractivity contribution is 7.90. The van der Waals surface area contributed by atoms with Crippen LogP contribution in [0.15, 0.2) is 119 Å². The zero-order valence-electron chi connectivity index (χ0n) is 25.9. The van der Waals surface area contributed by atoms with E-state index in [0.29, 0.717) is 32.9 Å². The van der Waals surface area contributed by atoms with Crippen LogP contribution < -0.4 is 0 Å². The first-order valence-corrected chi connectivity index (χ1v) is 18.4. The van der Waals surface area contributed by atoms with Crippen molar-refractivity contribution in [2.24, 2.45) is 0 Å². The molecule has 1 unspecified atom stereocenters. The second-order valence-corrected chi connectivity index (χ2v) is 15.9. The predicted molar refractivity (Wildman–Crippen MR) is 182 cm³/mol. The normalized spacial score (nSPS) is 13.5. The van der Waals surface area contributed by atoms with E-state index in [1.807, 2.05) is 25.3 Å². The SMILES string of the molecule is Cc1ccc(S(=O)(=O)n2ccnc2C(C)(O)c2cccc(-c3csc(-c4cn(S(=O)(=O)c5ccc(C)cc5)c5nccnc45)n3)c2)cc1. The van der Waals surface area contributed by atoms with Crippen LogP contribution in [0.5, 0.6) is 0 Å². The van der Waals surface area contributed by atoms with E-state index in [1.54, 1.807) is 54.6 Å². The third-order valence-electron chi connectivity index (χ3n) is 8.04. The molecule has 0 saturated carbocycles. The van der Waals surface area contributed by atoms with Crippen molar-refractivity contribution in [3.63, 3.8) is 0 Å². The van der Waals surface area contributed by atoms with Crippen LogP contribution in [0, 0.1) is 13.8 Å². The van der Waals surface area contributed by atoms with E-state index in [-0.39, 0.29) is 21.3 Å². The molecule has 0 bridgehead atoms. The van der Waals surface area contributed by atoms with Crippen LogP contribution in [-0.2, 0) is 25.6 Å². The molecule has 0 amide bonds. The topological polar surface area (TPSA) is 150 Å². The summed E-state index contributed by atoms with van der Waals surface area (Å²) in [6, 6.07) is 20.0. The number of fused-ring (bicyclic) bond motifs is 1. The van der Waals surface area contributed by atoms with E-state index in [4.69, 9.17) is 4.98 Å². The summed E-state index contributed by atoms with van der Waals surface area (Å²) in [7, 11) is -8.02. The summed E-state index contributed by atoms with van der Waals surface area (Å²) in [5.41, 5.74) is 2.72. The van der Waals surface area contributed by atoms with Gasteiger partial charge >= 0.3 is 0 Å². The molecule has 11 nitrogen and oxygen atoms in total. The second kappa shape index (κ2) is 11.6. The summed E-state index contributed by atoms with van der Waals surface area (Å²) in [6.45, 7) is 5.24. The minimum atomic E-state index is -4.04. The molecule has 1 atom stereocenters. The van der Waals surface area contributed by atoms with E-state index < -0.39 is 25.6 Å². The zero-order chi connectivity index (χ0) is 33.8. The Balaban J connectivity index is 1.25. The summed E-state index contributed by atoms with van der Waals surface area (Å²) in [4.78, 5) is 18.0. The third kappa shape index (κ3) is 5.32. The first-order chi connectivity index (χ1) is 22.9. The number of thiazole rings is 1. The van der Waals surface area contributed by atoms with Crippen LogP contribution in [0.1, 0.15) is 29.4 Å². The van der Waals surface area contributed by atoms with E-state index >= 15 is 0 Å². The molecule has 242 valence electrons. The molecule has 48 heavy (non-hydrogen) atoms. The minimum Gasteiger partial charge on any atom is -0.377 e. The average Bonchev–Trinajstić information content (AvgIpc) is 3.85. The quantitative estimate of drug-likeness (QED) is 0.209. The number of aliphatic hydroxyl groups is 1. The van der Waals surface area contributed by atoms with Crippen molar-refractivity contribution >= 4 is 42.5 Å². The lowest BCUT2D eigenvalue weighted by atomic mass is 9.93. The molecule has 7 rings (SSSR count). The Bertz CT molecular complexity index is 2530.